The average molecular weight is 431 g/mol. The van der Waals surface area contributed by atoms with Crippen molar-refractivity contribution in [2.75, 3.05) is 20.1 Å². The number of rotatable bonds is 0. The molecule has 0 saturated heterocycles. The predicted octanol–water partition coefficient (Wildman–Crippen LogP) is 5.12. The first-order chi connectivity index (χ1) is 11.3. The molecule has 0 spiro atoms. The van der Waals surface area contributed by atoms with Crippen molar-refractivity contribution < 1.29 is 51.8 Å². The molecule has 1 unspecified atom stereocenters. The molecule has 26 heavy (non-hydrogen) atoms. The van der Waals surface area contributed by atoms with Gasteiger partial charge in [0.1, 0.15) is 0 Å². The smallest absolute Gasteiger partial charge is 0.418 e. The molecule has 0 aliphatic carbocycles. The van der Waals surface area contributed by atoms with Crippen LogP contribution in [0.25, 0.3) is 0 Å². The number of hydrogen-bond acceptors (Lipinski definition) is 3. The van der Waals surface area contributed by atoms with E-state index in [2.05, 4.69) is 24.2 Å². The highest BCUT2D eigenvalue weighted by Gasteiger charge is 2.27. The van der Waals surface area contributed by atoms with E-state index in [1.807, 2.05) is 11.8 Å². The van der Waals surface area contributed by atoms with E-state index in [9.17, 15) is 51.8 Å². The molecular weight excluding hydrogens is 417 g/mol. The van der Waals surface area contributed by atoms with Crippen molar-refractivity contribution in [2.45, 2.75) is 18.7 Å². The number of halogens is 12. The molecule has 0 saturated carbocycles. The molecule has 2 rings (SSSR count). The zero-order valence-electron chi connectivity index (χ0n) is 13.3. The minimum Gasteiger partial charge on any atom is -0.418 e. The lowest BCUT2D eigenvalue weighted by Crippen LogP contribution is -2.27. The van der Waals surface area contributed by atoms with E-state index in [0.717, 1.165) is 13.1 Å². The van der Waals surface area contributed by atoms with Gasteiger partial charge in [-0.05, 0) is 6.92 Å². The van der Waals surface area contributed by atoms with Gasteiger partial charge in [0.05, 0.1) is 5.37 Å². The van der Waals surface area contributed by atoms with Gasteiger partial charge in [0, 0.05) is 37.2 Å². The molecular formula is C8H14B3F12N2S-3. The van der Waals surface area contributed by atoms with Gasteiger partial charge in [-0.25, -0.2) is 0 Å². The fourth-order valence-electron chi connectivity index (χ4n) is 1.64. The summed E-state index contributed by atoms with van der Waals surface area (Å²) in [4.78, 5) is 3.96. The van der Waals surface area contributed by atoms with Crippen molar-refractivity contribution in [1.82, 2.24) is 10.2 Å². The van der Waals surface area contributed by atoms with Crippen LogP contribution in [0.5, 0.6) is 0 Å². The summed E-state index contributed by atoms with van der Waals surface area (Å²) in [5.74, 6) is 0. The van der Waals surface area contributed by atoms with Crippen LogP contribution in [0.4, 0.5) is 51.8 Å². The van der Waals surface area contributed by atoms with E-state index in [1.165, 1.54) is 6.42 Å². The Labute approximate surface area is 146 Å². The third-order valence-corrected chi connectivity index (χ3v) is 3.75. The zero-order chi connectivity index (χ0) is 21.3. The van der Waals surface area contributed by atoms with E-state index < -0.39 is 21.8 Å². The lowest BCUT2D eigenvalue weighted by molar-refractivity contribution is 0.366. The number of nitrogens with zero attached hydrogens (tertiary/aromatic N) is 1. The maximum atomic E-state index is 9.75. The van der Waals surface area contributed by atoms with Gasteiger partial charge in [0.15, 0.2) is 0 Å². The average Bonchev–Trinajstić information content (AvgIpc) is 2.59. The lowest BCUT2D eigenvalue weighted by Gasteiger charge is -2.22. The summed E-state index contributed by atoms with van der Waals surface area (Å²) in [7, 11) is -15.8. The maximum absolute atomic E-state index is 9.75. The van der Waals surface area contributed by atoms with Crippen molar-refractivity contribution >= 4 is 33.5 Å². The monoisotopic (exact) mass is 431 g/mol. The summed E-state index contributed by atoms with van der Waals surface area (Å²) >= 11 is 2.00. The highest BCUT2D eigenvalue weighted by molar-refractivity contribution is 8.03. The highest BCUT2D eigenvalue weighted by atomic mass is 32.2. The molecule has 2 aliphatic rings. The molecule has 2 nitrogen and oxygen atoms in total. The molecule has 0 amide bonds. The van der Waals surface area contributed by atoms with Gasteiger partial charge in [0.25, 0.3) is 0 Å². The minimum atomic E-state index is -6.00. The van der Waals surface area contributed by atoms with Gasteiger partial charge in [-0.15, -0.1) is 11.8 Å². The van der Waals surface area contributed by atoms with E-state index in [1.54, 1.807) is 10.6 Å². The quantitative estimate of drug-likeness (QED) is 0.424. The van der Waals surface area contributed by atoms with Gasteiger partial charge < -0.3 is 62.0 Å². The normalized spacial score (nSPS) is 20.1. The second kappa shape index (κ2) is 11.1. The van der Waals surface area contributed by atoms with Crippen LogP contribution < -0.4 is 5.32 Å². The zero-order valence-corrected chi connectivity index (χ0v) is 14.1. The summed E-state index contributed by atoms with van der Waals surface area (Å²) in [6.45, 7) is 4.51. The van der Waals surface area contributed by atoms with Crippen LogP contribution in [0.15, 0.2) is 10.6 Å². The van der Waals surface area contributed by atoms with Crippen LogP contribution >= 0.6 is 11.8 Å². The maximum Gasteiger partial charge on any atom is 0.673 e. The standard InChI is InChI=1S/C8H14N2S.3BF4/c1-6-10(2)7-3-4-9-5-8(7)11-6;3*2-1(3,4)5/h6,9H,3-5H2,1-2H3;;;/q;3*-1. The molecule has 0 radical (unpaired) electrons. The Morgan fingerprint density at radius 2 is 1.19 bits per heavy atom. The summed E-state index contributed by atoms with van der Waals surface area (Å²) in [6.07, 6.45) is 1.21. The molecule has 0 fully saturated rings. The van der Waals surface area contributed by atoms with Crippen LogP contribution in [0.2, 0.25) is 0 Å². The largest absolute Gasteiger partial charge is 0.673 e. The fourth-order valence-corrected chi connectivity index (χ4v) is 2.90. The van der Waals surface area contributed by atoms with Crippen molar-refractivity contribution in [2.24, 2.45) is 0 Å². The Kier molecular flexibility index (Phi) is 11.8. The lowest BCUT2D eigenvalue weighted by atomic mass is 10.2. The van der Waals surface area contributed by atoms with Gasteiger partial charge in [0.2, 0.25) is 0 Å². The molecule has 18 heteroatoms. The minimum absolute atomic E-state index is 0.653. The van der Waals surface area contributed by atoms with Gasteiger partial charge in [-0.2, -0.15) is 0 Å². The van der Waals surface area contributed by atoms with Crippen LogP contribution in [0.3, 0.4) is 0 Å². The predicted molar refractivity (Wildman–Crippen MR) is 79.9 cm³/mol. The summed E-state index contributed by atoms with van der Waals surface area (Å²) in [6, 6.07) is 0. The summed E-state index contributed by atoms with van der Waals surface area (Å²) in [5, 5.41) is 4.04. The molecule has 1 N–H and O–H groups in total. The van der Waals surface area contributed by atoms with Crippen LogP contribution in [0.1, 0.15) is 13.3 Å². The topological polar surface area (TPSA) is 15.3 Å². The van der Waals surface area contributed by atoms with E-state index in [0.29, 0.717) is 5.37 Å². The van der Waals surface area contributed by atoms with Gasteiger partial charge >= 0.3 is 21.8 Å². The highest BCUT2D eigenvalue weighted by Crippen LogP contribution is 2.38. The number of nitrogens with one attached hydrogen (secondary N) is 1. The molecule has 1 atom stereocenters. The van der Waals surface area contributed by atoms with Crippen molar-refractivity contribution in [1.29, 1.82) is 0 Å². The molecule has 0 aromatic carbocycles. The fraction of sp³-hybridized carbons (Fsp3) is 0.750. The molecule has 2 aliphatic heterocycles. The Morgan fingerprint density at radius 1 is 0.846 bits per heavy atom. The molecule has 0 bridgehead atoms. The second-order valence-electron chi connectivity index (χ2n) is 4.61. The van der Waals surface area contributed by atoms with Crippen LogP contribution in [-0.4, -0.2) is 52.2 Å². The molecule has 0 aromatic rings. The first kappa shape index (κ1) is 27.4. The van der Waals surface area contributed by atoms with Crippen LogP contribution in [0, 0.1) is 0 Å². The van der Waals surface area contributed by atoms with E-state index in [4.69, 9.17) is 0 Å². The van der Waals surface area contributed by atoms with Crippen molar-refractivity contribution in [3.63, 3.8) is 0 Å². The van der Waals surface area contributed by atoms with Gasteiger partial charge in [-0.3, -0.25) is 0 Å². The van der Waals surface area contributed by atoms with Gasteiger partial charge in [-0.1, -0.05) is 0 Å². The first-order valence-corrected chi connectivity index (χ1v) is 7.61. The summed E-state index contributed by atoms with van der Waals surface area (Å²) < 4.78 is 117. The number of thioether (sulfide) groups is 1. The third-order valence-electron chi connectivity index (χ3n) is 2.43. The Morgan fingerprint density at radius 3 is 1.50 bits per heavy atom. The van der Waals surface area contributed by atoms with Crippen molar-refractivity contribution in [3.8, 4) is 0 Å². The Bertz CT molecular complexity index is 391. The molecule has 0 aromatic heterocycles. The Hall–Kier alpha value is -0.795. The molecule has 158 valence electrons. The first-order valence-electron chi connectivity index (χ1n) is 6.73. The third kappa shape index (κ3) is 23.2. The second-order valence-corrected chi connectivity index (χ2v) is 6.02. The SMILES string of the molecule is CC1SC2=C(CCNC2)N1C.F[B-](F)(F)F.F[B-](F)(F)F.F[B-](F)(F)F. The summed E-state index contributed by atoms with van der Waals surface area (Å²) in [5.41, 5.74) is 1.57. The number of hydrogen-bond donors (Lipinski definition) is 1. The van der Waals surface area contributed by atoms with Crippen molar-refractivity contribution in [3.05, 3.63) is 10.6 Å². The molecule has 2 heterocycles. The van der Waals surface area contributed by atoms with E-state index >= 15 is 0 Å². The van der Waals surface area contributed by atoms with E-state index in [-0.39, 0.29) is 0 Å². The van der Waals surface area contributed by atoms with Crippen LogP contribution in [-0.2, 0) is 0 Å². The Balaban J connectivity index is 0.